The van der Waals surface area contributed by atoms with Crippen LogP contribution < -0.4 is 26.7 Å². The number of rotatable bonds is 8. The van der Waals surface area contributed by atoms with Crippen LogP contribution in [0.5, 0.6) is 17.4 Å². The average molecular weight is 491 g/mol. The SMILES string of the molecule is CCn1c(=O)nc(Nc2ccc(Oc3ccccn3)cc2)n(Cc2ccc(O)cc2)c1=O.CNC=O. The number of nitrogens with zero attached hydrogens (tertiary/aromatic N) is 4. The number of phenols is 1. The molecule has 0 aliphatic rings. The lowest BCUT2D eigenvalue weighted by molar-refractivity contribution is -0.109. The van der Waals surface area contributed by atoms with E-state index in [1.54, 1.807) is 68.7 Å². The van der Waals surface area contributed by atoms with E-state index in [1.807, 2.05) is 6.07 Å². The summed E-state index contributed by atoms with van der Waals surface area (Å²) >= 11 is 0. The Hall–Kier alpha value is -4.93. The fourth-order valence-electron chi connectivity index (χ4n) is 3.09. The van der Waals surface area contributed by atoms with Gasteiger partial charge in [0.05, 0.1) is 6.54 Å². The highest BCUT2D eigenvalue weighted by Crippen LogP contribution is 2.22. The molecule has 3 N–H and O–H groups in total. The molecule has 0 saturated heterocycles. The number of hydrogen-bond donors (Lipinski definition) is 3. The second kappa shape index (κ2) is 12.5. The topological polar surface area (TPSA) is 140 Å². The Morgan fingerprint density at radius 2 is 1.69 bits per heavy atom. The van der Waals surface area contributed by atoms with E-state index in [0.717, 1.165) is 10.1 Å². The van der Waals surface area contributed by atoms with Crippen LogP contribution in [0.1, 0.15) is 12.5 Å². The monoisotopic (exact) mass is 490 g/mol. The molecule has 2 heterocycles. The standard InChI is InChI=1S/C23H21N5O4.C2H5NO/c1-2-27-22(30)26-21(28(23(27)31)15-16-6-10-18(29)11-7-16)25-17-8-12-19(13-9-17)32-20-5-3-4-14-24-20;1-3-2-4/h3-14,29H,2,15H2,1H3,(H,25,26,30);2H,1H3,(H,3,4). The first-order valence-electron chi connectivity index (χ1n) is 11.0. The largest absolute Gasteiger partial charge is 0.508 e. The second-order valence-electron chi connectivity index (χ2n) is 7.32. The number of pyridine rings is 1. The molecule has 0 saturated carbocycles. The third-order valence-electron chi connectivity index (χ3n) is 4.83. The molecule has 1 amide bonds. The Kier molecular flexibility index (Phi) is 8.93. The van der Waals surface area contributed by atoms with Crippen LogP contribution >= 0.6 is 0 Å². The summed E-state index contributed by atoms with van der Waals surface area (Å²) in [5.74, 6) is 1.31. The maximum absolute atomic E-state index is 12.9. The van der Waals surface area contributed by atoms with E-state index in [4.69, 9.17) is 9.53 Å². The van der Waals surface area contributed by atoms with Gasteiger partial charge in [-0.25, -0.2) is 19.1 Å². The fourth-order valence-corrected chi connectivity index (χ4v) is 3.09. The number of anilines is 2. The van der Waals surface area contributed by atoms with Gasteiger partial charge in [-0.05, 0) is 55.0 Å². The van der Waals surface area contributed by atoms with E-state index in [1.165, 1.54) is 16.7 Å². The fraction of sp³-hybridized carbons (Fsp3) is 0.160. The lowest BCUT2D eigenvalue weighted by Crippen LogP contribution is -2.42. The molecule has 36 heavy (non-hydrogen) atoms. The van der Waals surface area contributed by atoms with Gasteiger partial charge in [-0.3, -0.25) is 9.36 Å². The Bertz CT molecular complexity index is 1380. The summed E-state index contributed by atoms with van der Waals surface area (Å²) in [5.41, 5.74) is 0.295. The zero-order valence-corrected chi connectivity index (χ0v) is 19.8. The van der Waals surface area contributed by atoms with Crippen LogP contribution in [-0.4, -0.2) is 37.7 Å². The van der Waals surface area contributed by atoms with Crippen molar-refractivity contribution >= 4 is 18.0 Å². The first-order valence-corrected chi connectivity index (χ1v) is 11.0. The van der Waals surface area contributed by atoms with Gasteiger partial charge in [0.1, 0.15) is 11.5 Å². The normalized spacial score (nSPS) is 10.1. The van der Waals surface area contributed by atoms with Crippen LogP contribution in [0.3, 0.4) is 0 Å². The molecule has 0 radical (unpaired) electrons. The van der Waals surface area contributed by atoms with Crippen molar-refractivity contribution in [3.05, 3.63) is 99.5 Å². The minimum atomic E-state index is -0.628. The molecule has 4 rings (SSSR count). The van der Waals surface area contributed by atoms with Crippen LogP contribution in [0.15, 0.2) is 82.5 Å². The van der Waals surface area contributed by atoms with Crippen molar-refractivity contribution in [2.24, 2.45) is 0 Å². The molecule has 186 valence electrons. The highest BCUT2D eigenvalue weighted by atomic mass is 16.5. The number of nitrogens with one attached hydrogen (secondary N) is 2. The summed E-state index contributed by atoms with van der Waals surface area (Å²) in [6.45, 7) is 2.10. The number of phenolic OH excluding ortho intramolecular Hbond substituents is 1. The number of amides is 1. The number of aromatic hydroxyl groups is 1. The molecular formula is C25H26N6O5. The Balaban J connectivity index is 0.000000840. The van der Waals surface area contributed by atoms with Crippen LogP contribution in [0, 0.1) is 0 Å². The van der Waals surface area contributed by atoms with Gasteiger partial charge in [0.25, 0.3) is 0 Å². The Morgan fingerprint density at radius 1 is 1.00 bits per heavy atom. The number of aromatic nitrogens is 4. The molecule has 0 spiro atoms. The van der Waals surface area contributed by atoms with E-state index < -0.39 is 11.4 Å². The van der Waals surface area contributed by atoms with E-state index in [0.29, 0.717) is 23.7 Å². The van der Waals surface area contributed by atoms with Crippen LogP contribution in [0.2, 0.25) is 0 Å². The van der Waals surface area contributed by atoms with Crippen molar-refractivity contribution in [2.75, 3.05) is 12.4 Å². The minimum absolute atomic E-state index is 0.121. The van der Waals surface area contributed by atoms with Gasteiger partial charge in [0, 0.05) is 31.5 Å². The van der Waals surface area contributed by atoms with Gasteiger partial charge >= 0.3 is 11.4 Å². The summed E-state index contributed by atoms with van der Waals surface area (Å²) in [7, 11) is 1.56. The highest BCUT2D eigenvalue weighted by molar-refractivity contribution is 5.55. The molecule has 0 atom stereocenters. The molecule has 2 aromatic carbocycles. The number of carbonyl (C=O) groups excluding carboxylic acids is 1. The Morgan fingerprint density at radius 3 is 2.28 bits per heavy atom. The van der Waals surface area contributed by atoms with Gasteiger partial charge in [0.2, 0.25) is 18.2 Å². The van der Waals surface area contributed by atoms with Gasteiger partial charge < -0.3 is 20.5 Å². The predicted molar refractivity (Wildman–Crippen MR) is 135 cm³/mol. The van der Waals surface area contributed by atoms with E-state index in [9.17, 15) is 14.7 Å². The van der Waals surface area contributed by atoms with Gasteiger partial charge in [-0.2, -0.15) is 4.98 Å². The molecular weight excluding hydrogens is 464 g/mol. The lowest BCUT2D eigenvalue weighted by Gasteiger charge is -2.15. The first kappa shape index (κ1) is 25.7. The number of benzene rings is 2. The summed E-state index contributed by atoms with van der Waals surface area (Å²) in [4.78, 5) is 42.5. The summed E-state index contributed by atoms with van der Waals surface area (Å²) in [5, 5.41) is 14.8. The first-order chi connectivity index (χ1) is 17.4. The third-order valence-corrected chi connectivity index (χ3v) is 4.83. The van der Waals surface area contributed by atoms with E-state index in [-0.39, 0.29) is 24.8 Å². The van der Waals surface area contributed by atoms with Crippen LogP contribution in [-0.2, 0) is 17.9 Å². The van der Waals surface area contributed by atoms with Crippen molar-refractivity contribution in [1.29, 1.82) is 0 Å². The molecule has 0 aliphatic carbocycles. The molecule has 0 aliphatic heterocycles. The smallest absolute Gasteiger partial charge is 0.354 e. The number of ether oxygens (including phenoxy) is 1. The third kappa shape index (κ3) is 6.79. The van der Waals surface area contributed by atoms with Crippen molar-refractivity contribution in [2.45, 2.75) is 20.0 Å². The lowest BCUT2D eigenvalue weighted by atomic mass is 10.2. The zero-order chi connectivity index (χ0) is 25.9. The molecule has 0 fully saturated rings. The maximum atomic E-state index is 12.9. The molecule has 4 aromatic rings. The quantitative estimate of drug-likeness (QED) is 0.320. The summed E-state index contributed by atoms with van der Waals surface area (Å²) in [6.07, 6.45) is 2.27. The Labute approximate surface area is 206 Å². The van der Waals surface area contributed by atoms with Crippen molar-refractivity contribution in [3.63, 3.8) is 0 Å². The molecule has 0 unspecified atom stereocenters. The van der Waals surface area contributed by atoms with Crippen LogP contribution in [0.25, 0.3) is 0 Å². The molecule has 0 bridgehead atoms. The van der Waals surface area contributed by atoms with Crippen LogP contribution in [0.4, 0.5) is 11.6 Å². The maximum Gasteiger partial charge on any atom is 0.354 e. The molecule has 2 aromatic heterocycles. The number of hydrogen-bond acceptors (Lipinski definition) is 8. The van der Waals surface area contributed by atoms with Gasteiger partial charge in [-0.1, -0.05) is 18.2 Å². The van der Waals surface area contributed by atoms with E-state index in [2.05, 4.69) is 20.6 Å². The highest BCUT2D eigenvalue weighted by Gasteiger charge is 2.13. The van der Waals surface area contributed by atoms with Gasteiger partial charge in [0.15, 0.2) is 0 Å². The van der Waals surface area contributed by atoms with Crippen molar-refractivity contribution < 1.29 is 14.6 Å². The van der Waals surface area contributed by atoms with E-state index >= 15 is 0 Å². The van der Waals surface area contributed by atoms with Gasteiger partial charge in [-0.15, -0.1) is 0 Å². The predicted octanol–water partition coefficient (Wildman–Crippen LogP) is 2.47. The molecule has 11 heteroatoms. The van der Waals surface area contributed by atoms with Crippen molar-refractivity contribution in [3.8, 4) is 17.4 Å². The number of carbonyl (C=O) groups is 1. The summed E-state index contributed by atoms with van der Waals surface area (Å²) in [6, 6.07) is 18.9. The minimum Gasteiger partial charge on any atom is -0.508 e. The average Bonchev–Trinajstić information content (AvgIpc) is 2.89. The molecule has 11 nitrogen and oxygen atoms in total. The zero-order valence-electron chi connectivity index (χ0n) is 19.8. The van der Waals surface area contributed by atoms with Crippen molar-refractivity contribution in [1.82, 2.24) is 24.4 Å². The second-order valence-corrected chi connectivity index (χ2v) is 7.32. The summed E-state index contributed by atoms with van der Waals surface area (Å²) < 4.78 is 8.13.